The molecule has 0 aliphatic carbocycles. The molecule has 3 nitrogen and oxygen atoms in total. The summed E-state index contributed by atoms with van der Waals surface area (Å²) in [6.45, 7) is 2.60. The zero-order chi connectivity index (χ0) is 11.8. The average Bonchev–Trinajstić information content (AvgIpc) is 2.34. The normalized spacial score (nSPS) is 9.50. The van der Waals surface area contributed by atoms with Crippen LogP contribution in [0.4, 0.5) is 0 Å². The van der Waals surface area contributed by atoms with Gasteiger partial charge in [-0.15, -0.1) is 0 Å². The van der Waals surface area contributed by atoms with E-state index in [1.54, 1.807) is 12.1 Å². The van der Waals surface area contributed by atoms with Gasteiger partial charge >= 0.3 is 0 Å². The van der Waals surface area contributed by atoms with Crippen LogP contribution in [0.15, 0.2) is 24.3 Å². The lowest BCUT2D eigenvalue weighted by Gasteiger charge is -2.04. The summed E-state index contributed by atoms with van der Waals surface area (Å²) in [6.07, 6.45) is 2.55. The second-order valence-electron chi connectivity index (χ2n) is 3.69. The topological polar surface area (TPSA) is 52.9 Å². The molecule has 84 valence electrons. The van der Waals surface area contributed by atoms with Crippen molar-refractivity contribution in [3.05, 3.63) is 35.4 Å². The van der Waals surface area contributed by atoms with Gasteiger partial charge < -0.3 is 5.32 Å². The minimum atomic E-state index is 0.0891. The summed E-state index contributed by atoms with van der Waals surface area (Å²) in [5, 5.41) is 11.5. The fourth-order valence-electron chi connectivity index (χ4n) is 1.32. The van der Waals surface area contributed by atoms with Crippen LogP contribution in [-0.2, 0) is 11.3 Å². The summed E-state index contributed by atoms with van der Waals surface area (Å²) >= 11 is 0. The number of unbranched alkanes of at least 4 members (excludes halogenated alkanes) is 1. The summed E-state index contributed by atoms with van der Waals surface area (Å²) < 4.78 is 0. The first-order valence-electron chi connectivity index (χ1n) is 5.52. The molecule has 1 amide bonds. The number of carbonyl (C=O) groups excluding carboxylic acids is 1. The van der Waals surface area contributed by atoms with Gasteiger partial charge in [-0.05, 0) is 24.1 Å². The van der Waals surface area contributed by atoms with Crippen molar-refractivity contribution in [1.29, 1.82) is 5.26 Å². The van der Waals surface area contributed by atoms with Crippen molar-refractivity contribution in [3.8, 4) is 6.07 Å². The Hall–Kier alpha value is -1.82. The quantitative estimate of drug-likeness (QED) is 0.821. The van der Waals surface area contributed by atoms with E-state index < -0.39 is 0 Å². The maximum atomic E-state index is 11.3. The predicted molar refractivity (Wildman–Crippen MR) is 62.5 cm³/mol. The number of nitrogens with zero attached hydrogens (tertiary/aromatic N) is 1. The Morgan fingerprint density at radius 2 is 2.06 bits per heavy atom. The van der Waals surface area contributed by atoms with Crippen molar-refractivity contribution >= 4 is 5.91 Å². The molecule has 0 unspecified atom stereocenters. The summed E-state index contributed by atoms with van der Waals surface area (Å²) in [5.41, 5.74) is 1.66. The van der Waals surface area contributed by atoms with E-state index in [1.165, 1.54) is 0 Å². The molecule has 0 fully saturated rings. The van der Waals surface area contributed by atoms with Crippen molar-refractivity contribution in [2.75, 3.05) is 0 Å². The van der Waals surface area contributed by atoms with Gasteiger partial charge in [0.05, 0.1) is 11.6 Å². The first kappa shape index (κ1) is 12.3. The highest BCUT2D eigenvalue weighted by atomic mass is 16.1. The Bertz CT molecular complexity index is 376. The second kappa shape index (κ2) is 6.62. The molecule has 1 aromatic rings. The highest BCUT2D eigenvalue weighted by Gasteiger charge is 2.00. The molecular weight excluding hydrogens is 200 g/mol. The molecule has 0 bridgehead atoms. The van der Waals surface area contributed by atoms with Crippen LogP contribution < -0.4 is 5.32 Å². The van der Waals surface area contributed by atoms with E-state index in [2.05, 4.69) is 18.3 Å². The van der Waals surface area contributed by atoms with Gasteiger partial charge in [0.15, 0.2) is 0 Å². The lowest BCUT2D eigenvalue weighted by molar-refractivity contribution is -0.121. The fraction of sp³-hybridized carbons (Fsp3) is 0.385. The molecule has 0 heterocycles. The molecule has 1 aromatic carbocycles. The first-order valence-corrected chi connectivity index (χ1v) is 5.52. The number of hydrogen-bond donors (Lipinski definition) is 1. The minimum absolute atomic E-state index is 0.0891. The Balaban J connectivity index is 2.37. The zero-order valence-corrected chi connectivity index (χ0v) is 9.49. The van der Waals surface area contributed by atoms with Crippen molar-refractivity contribution in [2.24, 2.45) is 0 Å². The summed E-state index contributed by atoms with van der Waals surface area (Å²) in [4.78, 5) is 11.3. The second-order valence-corrected chi connectivity index (χ2v) is 3.69. The molecule has 0 spiro atoms. The van der Waals surface area contributed by atoms with Crippen LogP contribution >= 0.6 is 0 Å². The number of nitrogens with one attached hydrogen (secondary N) is 1. The SMILES string of the molecule is CCCCC(=O)NCc1ccc(C#N)cc1. The third-order valence-corrected chi connectivity index (χ3v) is 2.33. The number of carbonyl (C=O) groups is 1. The van der Waals surface area contributed by atoms with Gasteiger partial charge in [-0.2, -0.15) is 5.26 Å². The number of amides is 1. The van der Waals surface area contributed by atoms with Crippen LogP contribution in [0, 0.1) is 11.3 Å². The molecule has 0 aliphatic rings. The molecule has 0 aromatic heterocycles. The molecular formula is C13H16N2O. The van der Waals surface area contributed by atoms with Crippen LogP contribution in [0.5, 0.6) is 0 Å². The van der Waals surface area contributed by atoms with Crippen LogP contribution in [0.2, 0.25) is 0 Å². The van der Waals surface area contributed by atoms with Gasteiger partial charge in [0.1, 0.15) is 0 Å². The van der Waals surface area contributed by atoms with E-state index in [4.69, 9.17) is 5.26 Å². The molecule has 16 heavy (non-hydrogen) atoms. The maximum absolute atomic E-state index is 11.3. The lowest BCUT2D eigenvalue weighted by Crippen LogP contribution is -2.22. The van der Waals surface area contributed by atoms with E-state index in [1.807, 2.05) is 12.1 Å². The van der Waals surface area contributed by atoms with Gasteiger partial charge in [-0.1, -0.05) is 25.5 Å². The van der Waals surface area contributed by atoms with E-state index >= 15 is 0 Å². The Morgan fingerprint density at radius 1 is 1.38 bits per heavy atom. The molecule has 0 radical (unpaired) electrons. The molecule has 3 heteroatoms. The summed E-state index contributed by atoms with van der Waals surface area (Å²) in [6, 6.07) is 9.29. The number of hydrogen-bond acceptors (Lipinski definition) is 2. The van der Waals surface area contributed by atoms with Crippen LogP contribution in [-0.4, -0.2) is 5.91 Å². The Labute approximate surface area is 96.1 Å². The number of benzene rings is 1. The molecule has 0 saturated carbocycles. The van der Waals surface area contributed by atoms with E-state index in [9.17, 15) is 4.79 Å². The molecule has 0 aliphatic heterocycles. The van der Waals surface area contributed by atoms with Gasteiger partial charge in [0.2, 0.25) is 5.91 Å². The van der Waals surface area contributed by atoms with Crippen LogP contribution in [0.25, 0.3) is 0 Å². The van der Waals surface area contributed by atoms with Gasteiger partial charge in [-0.3, -0.25) is 4.79 Å². The largest absolute Gasteiger partial charge is 0.352 e. The fourth-order valence-corrected chi connectivity index (χ4v) is 1.32. The zero-order valence-electron chi connectivity index (χ0n) is 9.49. The average molecular weight is 216 g/mol. The van der Waals surface area contributed by atoms with Gasteiger partial charge in [0.25, 0.3) is 0 Å². The number of nitriles is 1. The highest BCUT2D eigenvalue weighted by molar-refractivity contribution is 5.75. The smallest absolute Gasteiger partial charge is 0.220 e. The third kappa shape index (κ3) is 4.14. The van der Waals surface area contributed by atoms with E-state index in [0.717, 1.165) is 18.4 Å². The molecule has 1 N–H and O–H groups in total. The van der Waals surface area contributed by atoms with Crippen molar-refractivity contribution < 1.29 is 4.79 Å². The minimum Gasteiger partial charge on any atom is -0.352 e. The van der Waals surface area contributed by atoms with Gasteiger partial charge in [0, 0.05) is 13.0 Å². The van der Waals surface area contributed by atoms with Crippen molar-refractivity contribution in [2.45, 2.75) is 32.7 Å². The Morgan fingerprint density at radius 3 is 2.62 bits per heavy atom. The van der Waals surface area contributed by atoms with Crippen LogP contribution in [0.1, 0.15) is 37.3 Å². The maximum Gasteiger partial charge on any atom is 0.220 e. The van der Waals surface area contributed by atoms with Crippen molar-refractivity contribution in [1.82, 2.24) is 5.32 Å². The third-order valence-electron chi connectivity index (χ3n) is 2.33. The standard InChI is InChI=1S/C13H16N2O/c1-2-3-4-13(16)15-10-12-7-5-11(9-14)6-8-12/h5-8H,2-4,10H2,1H3,(H,15,16). The first-order chi connectivity index (χ1) is 7.76. The highest BCUT2D eigenvalue weighted by Crippen LogP contribution is 2.03. The monoisotopic (exact) mass is 216 g/mol. The van der Waals surface area contributed by atoms with Gasteiger partial charge in [-0.25, -0.2) is 0 Å². The molecule has 0 atom stereocenters. The molecule has 1 rings (SSSR count). The Kier molecular flexibility index (Phi) is 5.07. The van der Waals surface area contributed by atoms with E-state index in [-0.39, 0.29) is 5.91 Å². The summed E-state index contributed by atoms with van der Waals surface area (Å²) in [7, 11) is 0. The summed E-state index contributed by atoms with van der Waals surface area (Å²) in [5.74, 6) is 0.0891. The molecule has 0 saturated heterocycles. The van der Waals surface area contributed by atoms with Crippen LogP contribution in [0.3, 0.4) is 0 Å². The predicted octanol–water partition coefficient (Wildman–Crippen LogP) is 2.36. The number of rotatable bonds is 5. The lowest BCUT2D eigenvalue weighted by atomic mass is 10.1. The van der Waals surface area contributed by atoms with E-state index in [0.29, 0.717) is 18.5 Å². The van der Waals surface area contributed by atoms with Crippen molar-refractivity contribution in [3.63, 3.8) is 0 Å².